The van der Waals surface area contributed by atoms with Gasteiger partial charge in [0.2, 0.25) is 0 Å². The number of thiophene rings is 1. The number of hydrogen-bond acceptors (Lipinski definition) is 5. The van der Waals surface area contributed by atoms with Crippen LogP contribution in [-0.2, 0) is 9.53 Å². The molecular weight excluding hydrogens is 268 g/mol. The molecule has 19 heavy (non-hydrogen) atoms. The van der Waals surface area contributed by atoms with Crippen LogP contribution in [0.15, 0.2) is 12.1 Å². The van der Waals surface area contributed by atoms with Gasteiger partial charge in [-0.25, -0.2) is 9.59 Å². The number of nitrogens with one attached hydrogen (secondary N) is 2. The molecule has 0 bridgehead atoms. The van der Waals surface area contributed by atoms with Gasteiger partial charge in [-0.3, -0.25) is 10.1 Å². The molecule has 1 heterocycles. The van der Waals surface area contributed by atoms with Gasteiger partial charge in [0.25, 0.3) is 5.91 Å². The van der Waals surface area contributed by atoms with Gasteiger partial charge < -0.3 is 10.1 Å². The molecule has 0 fully saturated rings. The van der Waals surface area contributed by atoms with Crippen molar-refractivity contribution in [1.82, 2.24) is 10.6 Å². The lowest BCUT2D eigenvalue weighted by Crippen LogP contribution is -2.41. The number of ether oxygens (including phenoxy) is 1. The number of esters is 1. The summed E-state index contributed by atoms with van der Waals surface area (Å²) >= 11 is 1.29. The Kier molecular flexibility index (Phi) is 6.01. The Bertz CT molecular complexity index is 470. The van der Waals surface area contributed by atoms with Crippen LogP contribution in [0.5, 0.6) is 0 Å². The van der Waals surface area contributed by atoms with E-state index < -0.39 is 24.5 Å². The van der Waals surface area contributed by atoms with Gasteiger partial charge in [0.15, 0.2) is 6.61 Å². The van der Waals surface area contributed by atoms with Crippen molar-refractivity contribution in [3.8, 4) is 0 Å². The standard InChI is InChI=1S/C12H16N2O4S/c1-3-6-13-12(17)14-10(15)7-18-11(16)9-5-4-8(2)19-9/h4-5H,3,6-7H2,1-2H3,(H2,13,14,15,17). The Morgan fingerprint density at radius 1 is 1.32 bits per heavy atom. The Hall–Kier alpha value is -1.89. The number of carbonyl (C=O) groups is 3. The molecule has 1 aromatic heterocycles. The van der Waals surface area contributed by atoms with Gasteiger partial charge in [-0.05, 0) is 25.5 Å². The summed E-state index contributed by atoms with van der Waals surface area (Å²) in [7, 11) is 0. The van der Waals surface area contributed by atoms with E-state index in [1.807, 2.05) is 13.8 Å². The van der Waals surface area contributed by atoms with Crippen molar-refractivity contribution in [2.45, 2.75) is 20.3 Å². The molecule has 0 aliphatic heterocycles. The first-order valence-electron chi connectivity index (χ1n) is 5.84. The largest absolute Gasteiger partial charge is 0.451 e. The molecule has 0 saturated carbocycles. The number of hydrogen-bond donors (Lipinski definition) is 2. The molecule has 0 aliphatic carbocycles. The molecule has 1 rings (SSSR count). The molecule has 0 unspecified atom stereocenters. The zero-order chi connectivity index (χ0) is 14.3. The SMILES string of the molecule is CCCNC(=O)NC(=O)COC(=O)c1ccc(C)s1. The van der Waals surface area contributed by atoms with Crippen LogP contribution in [0.3, 0.4) is 0 Å². The van der Waals surface area contributed by atoms with E-state index in [1.54, 1.807) is 12.1 Å². The average Bonchev–Trinajstić information content (AvgIpc) is 2.80. The van der Waals surface area contributed by atoms with Gasteiger partial charge in [0.1, 0.15) is 4.88 Å². The summed E-state index contributed by atoms with van der Waals surface area (Å²) in [5.74, 6) is -1.22. The molecule has 0 aromatic carbocycles. The fourth-order valence-electron chi connectivity index (χ4n) is 1.19. The van der Waals surface area contributed by atoms with Crippen LogP contribution in [0, 0.1) is 6.92 Å². The monoisotopic (exact) mass is 284 g/mol. The lowest BCUT2D eigenvalue weighted by molar-refractivity contribution is -0.123. The van der Waals surface area contributed by atoms with Crippen molar-refractivity contribution in [3.63, 3.8) is 0 Å². The van der Waals surface area contributed by atoms with Crippen molar-refractivity contribution in [2.75, 3.05) is 13.2 Å². The van der Waals surface area contributed by atoms with Gasteiger partial charge in [-0.1, -0.05) is 6.92 Å². The van der Waals surface area contributed by atoms with E-state index in [1.165, 1.54) is 11.3 Å². The van der Waals surface area contributed by atoms with Gasteiger partial charge in [-0.2, -0.15) is 0 Å². The molecule has 0 radical (unpaired) electrons. The van der Waals surface area contributed by atoms with Gasteiger partial charge in [-0.15, -0.1) is 11.3 Å². The Morgan fingerprint density at radius 3 is 2.63 bits per heavy atom. The number of aryl methyl sites for hydroxylation is 1. The average molecular weight is 284 g/mol. The first kappa shape index (κ1) is 15.2. The second kappa shape index (κ2) is 7.52. The Morgan fingerprint density at radius 2 is 2.05 bits per heavy atom. The molecule has 0 saturated heterocycles. The van der Waals surface area contributed by atoms with Crippen molar-refractivity contribution in [2.24, 2.45) is 0 Å². The molecule has 3 amide bonds. The Balaban J connectivity index is 2.30. The minimum Gasteiger partial charge on any atom is -0.451 e. The smallest absolute Gasteiger partial charge is 0.348 e. The third-order valence-electron chi connectivity index (χ3n) is 2.06. The van der Waals surface area contributed by atoms with Crippen molar-refractivity contribution >= 4 is 29.2 Å². The second-order valence-electron chi connectivity index (χ2n) is 3.79. The maximum Gasteiger partial charge on any atom is 0.348 e. The summed E-state index contributed by atoms with van der Waals surface area (Å²) in [5, 5.41) is 4.54. The van der Waals surface area contributed by atoms with Crippen molar-refractivity contribution < 1.29 is 19.1 Å². The predicted molar refractivity (Wildman–Crippen MR) is 71.2 cm³/mol. The molecule has 6 nitrogen and oxygen atoms in total. The van der Waals surface area contributed by atoms with Crippen LogP contribution >= 0.6 is 11.3 Å². The van der Waals surface area contributed by atoms with Crippen LogP contribution in [0.25, 0.3) is 0 Å². The first-order chi connectivity index (χ1) is 9.02. The summed E-state index contributed by atoms with van der Waals surface area (Å²) in [5.41, 5.74) is 0. The van der Waals surface area contributed by atoms with Crippen LogP contribution in [0.1, 0.15) is 27.9 Å². The maximum absolute atomic E-state index is 11.5. The summed E-state index contributed by atoms with van der Waals surface area (Å²) in [6, 6.07) is 2.84. The highest BCUT2D eigenvalue weighted by Gasteiger charge is 2.13. The van der Waals surface area contributed by atoms with Gasteiger partial charge >= 0.3 is 12.0 Å². The maximum atomic E-state index is 11.5. The number of urea groups is 1. The molecule has 0 atom stereocenters. The fourth-order valence-corrected chi connectivity index (χ4v) is 1.95. The molecule has 2 N–H and O–H groups in total. The summed E-state index contributed by atoms with van der Waals surface area (Å²) in [4.78, 5) is 35.4. The Labute approximate surface area is 115 Å². The van der Waals surface area contributed by atoms with E-state index in [4.69, 9.17) is 4.74 Å². The predicted octanol–water partition coefficient (Wildman–Crippen LogP) is 1.45. The van der Waals surface area contributed by atoms with E-state index in [0.717, 1.165) is 11.3 Å². The minimum absolute atomic E-state index is 0.431. The second-order valence-corrected chi connectivity index (χ2v) is 5.08. The van der Waals surface area contributed by atoms with E-state index in [-0.39, 0.29) is 0 Å². The molecule has 0 spiro atoms. The zero-order valence-corrected chi connectivity index (χ0v) is 11.6. The van der Waals surface area contributed by atoms with Gasteiger partial charge in [0.05, 0.1) is 0 Å². The molecular formula is C12H16N2O4S. The van der Waals surface area contributed by atoms with E-state index >= 15 is 0 Å². The van der Waals surface area contributed by atoms with E-state index in [9.17, 15) is 14.4 Å². The topological polar surface area (TPSA) is 84.5 Å². The van der Waals surface area contributed by atoms with Gasteiger partial charge in [0, 0.05) is 11.4 Å². The molecule has 7 heteroatoms. The quantitative estimate of drug-likeness (QED) is 0.801. The number of amides is 3. The molecule has 1 aromatic rings. The van der Waals surface area contributed by atoms with Crippen LogP contribution in [0.4, 0.5) is 4.79 Å². The number of imide groups is 1. The lowest BCUT2D eigenvalue weighted by Gasteiger charge is -2.05. The normalized spacial score (nSPS) is 9.79. The van der Waals surface area contributed by atoms with Crippen LogP contribution in [0.2, 0.25) is 0 Å². The number of rotatable bonds is 5. The third-order valence-corrected chi connectivity index (χ3v) is 3.05. The lowest BCUT2D eigenvalue weighted by atomic mass is 10.4. The molecule has 0 aliphatic rings. The summed E-state index contributed by atoms with van der Waals surface area (Å²) < 4.78 is 4.79. The summed E-state index contributed by atoms with van der Waals surface area (Å²) in [6.07, 6.45) is 0.772. The zero-order valence-electron chi connectivity index (χ0n) is 10.8. The molecule has 104 valence electrons. The van der Waals surface area contributed by atoms with E-state index in [0.29, 0.717) is 11.4 Å². The number of carbonyl (C=O) groups excluding carboxylic acids is 3. The highest BCUT2D eigenvalue weighted by Crippen LogP contribution is 2.15. The summed E-state index contributed by atoms with van der Waals surface area (Å²) in [6.45, 7) is 3.77. The van der Waals surface area contributed by atoms with Crippen LogP contribution in [-0.4, -0.2) is 31.1 Å². The highest BCUT2D eigenvalue weighted by molar-refractivity contribution is 7.13. The van der Waals surface area contributed by atoms with Crippen molar-refractivity contribution in [1.29, 1.82) is 0 Å². The minimum atomic E-state index is -0.657. The van der Waals surface area contributed by atoms with E-state index in [2.05, 4.69) is 10.6 Å². The van der Waals surface area contributed by atoms with Crippen LogP contribution < -0.4 is 10.6 Å². The third kappa shape index (κ3) is 5.52. The highest BCUT2D eigenvalue weighted by atomic mass is 32.1. The fraction of sp³-hybridized carbons (Fsp3) is 0.417. The first-order valence-corrected chi connectivity index (χ1v) is 6.65. The van der Waals surface area contributed by atoms with Crippen molar-refractivity contribution in [3.05, 3.63) is 21.9 Å².